The van der Waals surface area contributed by atoms with Gasteiger partial charge in [0.2, 0.25) is 5.60 Å². The van der Waals surface area contributed by atoms with E-state index in [1.807, 2.05) is 38.1 Å². The number of H-pyrrole nitrogens is 1. The lowest BCUT2D eigenvalue weighted by Gasteiger charge is -2.38. The lowest BCUT2D eigenvalue weighted by Crippen LogP contribution is -2.53. The lowest BCUT2D eigenvalue weighted by molar-refractivity contribution is -0.159. The molecule has 0 unspecified atom stereocenters. The lowest BCUT2D eigenvalue weighted by atomic mass is 9.91. The van der Waals surface area contributed by atoms with Gasteiger partial charge in [-0.05, 0) is 31.5 Å². The number of aromatic amines is 1. The van der Waals surface area contributed by atoms with Crippen LogP contribution in [-0.4, -0.2) is 44.6 Å². The molecule has 2 aromatic rings. The van der Waals surface area contributed by atoms with Gasteiger partial charge in [0.1, 0.15) is 5.75 Å². The normalized spacial score (nSPS) is 17.6. The van der Waals surface area contributed by atoms with E-state index in [0.717, 1.165) is 23.5 Å². The van der Waals surface area contributed by atoms with Crippen molar-refractivity contribution in [3.8, 4) is 5.75 Å². The van der Waals surface area contributed by atoms with Gasteiger partial charge < -0.3 is 14.8 Å². The number of ether oxygens (including phenoxy) is 1. The SMILES string of the molecule is Cc1cccc(OC2(C(=O)O)CCN(Cc3nc[nH]c3C)CC2)c1. The molecular formula is C18H23N3O3. The minimum atomic E-state index is -1.15. The standard InChI is InChI=1S/C18H23N3O3/c1-13-4-3-5-15(10-13)24-18(17(22)23)6-8-21(9-7-18)11-16-14(2)19-12-20-16/h3-5,10,12H,6-9,11H2,1-2H3,(H,19,20)(H,22,23). The number of carbonyl (C=O) groups is 1. The maximum absolute atomic E-state index is 11.9. The molecule has 1 fully saturated rings. The highest BCUT2D eigenvalue weighted by Crippen LogP contribution is 2.30. The molecule has 6 heteroatoms. The van der Waals surface area contributed by atoms with E-state index in [4.69, 9.17) is 4.74 Å². The second-order valence-corrected chi connectivity index (χ2v) is 6.47. The zero-order valence-corrected chi connectivity index (χ0v) is 14.1. The summed E-state index contributed by atoms with van der Waals surface area (Å²) < 4.78 is 5.94. The number of carboxylic acid groups (broad SMARTS) is 1. The molecule has 1 aromatic carbocycles. The number of likely N-dealkylation sites (tertiary alicyclic amines) is 1. The van der Waals surface area contributed by atoms with Gasteiger partial charge in [0.05, 0.1) is 12.0 Å². The highest BCUT2D eigenvalue weighted by atomic mass is 16.5. The predicted octanol–water partition coefficient (Wildman–Crippen LogP) is 2.52. The van der Waals surface area contributed by atoms with Crippen molar-refractivity contribution in [3.63, 3.8) is 0 Å². The summed E-state index contributed by atoms with van der Waals surface area (Å²) in [7, 11) is 0. The number of hydrogen-bond donors (Lipinski definition) is 2. The Hall–Kier alpha value is -2.34. The Bertz CT molecular complexity index is 718. The van der Waals surface area contributed by atoms with Crippen LogP contribution in [0.25, 0.3) is 0 Å². The highest BCUT2D eigenvalue weighted by Gasteiger charge is 2.44. The van der Waals surface area contributed by atoms with Crippen LogP contribution in [0.2, 0.25) is 0 Å². The molecule has 0 saturated carbocycles. The zero-order valence-electron chi connectivity index (χ0n) is 14.1. The number of benzene rings is 1. The van der Waals surface area contributed by atoms with Crippen molar-refractivity contribution >= 4 is 5.97 Å². The minimum absolute atomic E-state index is 0.458. The van der Waals surface area contributed by atoms with Crippen molar-refractivity contribution in [1.29, 1.82) is 0 Å². The Morgan fingerprint density at radius 3 is 2.71 bits per heavy atom. The molecule has 0 radical (unpaired) electrons. The number of aliphatic carboxylic acids is 1. The fourth-order valence-corrected chi connectivity index (χ4v) is 3.09. The smallest absolute Gasteiger partial charge is 0.348 e. The van der Waals surface area contributed by atoms with Crippen LogP contribution in [0.1, 0.15) is 29.8 Å². The maximum Gasteiger partial charge on any atom is 0.348 e. The number of piperidine rings is 1. The zero-order chi connectivity index (χ0) is 17.2. The molecule has 1 aliphatic heterocycles. The van der Waals surface area contributed by atoms with Crippen LogP contribution >= 0.6 is 0 Å². The molecule has 0 atom stereocenters. The molecule has 0 aliphatic carbocycles. The predicted molar refractivity (Wildman–Crippen MR) is 90.0 cm³/mol. The third kappa shape index (κ3) is 3.43. The average molecular weight is 329 g/mol. The second-order valence-electron chi connectivity index (χ2n) is 6.47. The maximum atomic E-state index is 11.9. The van der Waals surface area contributed by atoms with Crippen molar-refractivity contribution in [2.45, 2.75) is 38.8 Å². The van der Waals surface area contributed by atoms with E-state index in [2.05, 4.69) is 14.9 Å². The van der Waals surface area contributed by atoms with Crippen LogP contribution in [0, 0.1) is 13.8 Å². The Kier molecular flexibility index (Phi) is 4.57. The van der Waals surface area contributed by atoms with Crippen LogP contribution in [0.5, 0.6) is 5.75 Å². The number of hydrogen-bond acceptors (Lipinski definition) is 4. The van der Waals surface area contributed by atoms with Crippen molar-refractivity contribution in [2.75, 3.05) is 13.1 Å². The first-order chi connectivity index (χ1) is 11.5. The van der Waals surface area contributed by atoms with E-state index >= 15 is 0 Å². The van der Waals surface area contributed by atoms with E-state index in [-0.39, 0.29) is 0 Å². The summed E-state index contributed by atoms with van der Waals surface area (Å²) in [5.41, 5.74) is 1.98. The van der Waals surface area contributed by atoms with E-state index in [9.17, 15) is 9.90 Å². The summed E-state index contributed by atoms with van der Waals surface area (Å²) in [6, 6.07) is 7.55. The Morgan fingerprint density at radius 1 is 1.38 bits per heavy atom. The quantitative estimate of drug-likeness (QED) is 0.881. The van der Waals surface area contributed by atoms with Crippen LogP contribution in [0.4, 0.5) is 0 Å². The monoisotopic (exact) mass is 329 g/mol. The second kappa shape index (κ2) is 6.65. The molecular weight excluding hydrogens is 306 g/mol. The number of rotatable bonds is 5. The van der Waals surface area contributed by atoms with Gasteiger partial charge in [0, 0.05) is 38.2 Å². The van der Waals surface area contributed by atoms with Gasteiger partial charge in [0.15, 0.2) is 0 Å². The molecule has 128 valence electrons. The Morgan fingerprint density at radius 2 is 2.12 bits per heavy atom. The summed E-state index contributed by atoms with van der Waals surface area (Å²) in [4.78, 5) is 21.5. The molecule has 2 N–H and O–H groups in total. The molecule has 0 bridgehead atoms. The van der Waals surface area contributed by atoms with Crippen LogP contribution in [0.3, 0.4) is 0 Å². The number of nitrogens with one attached hydrogen (secondary N) is 1. The topological polar surface area (TPSA) is 78.5 Å². The van der Waals surface area contributed by atoms with Crippen LogP contribution in [0.15, 0.2) is 30.6 Å². The van der Waals surface area contributed by atoms with Gasteiger partial charge >= 0.3 is 5.97 Å². The molecule has 0 spiro atoms. The summed E-state index contributed by atoms with van der Waals surface area (Å²) in [5, 5.41) is 9.75. The van der Waals surface area contributed by atoms with Gasteiger partial charge in [0.25, 0.3) is 0 Å². The largest absolute Gasteiger partial charge is 0.478 e. The van der Waals surface area contributed by atoms with E-state index in [1.165, 1.54) is 0 Å². The number of imidazole rings is 1. The van der Waals surface area contributed by atoms with Crippen LogP contribution in [-0.2, 0) is 11.3 Å². The van der Waals surface area contributed by atoms with E-state index in [1.54, 1.807) is 6.33 Å². The number of nitrogens with zero attached hydrogens (tertiary/aromatic N) is 2. The van der Waals surface area contributed by atoms with Crippen molar-refractivity contribution in [3.05, 3.63) is 47.5 Å². The summed E-state index contributed by atoms with van der Waals surface area (Å²) >= 11 is 0. The molecule has 3 rings (SSSR count). The van der Waals surface area contributed by atoms with Gasteiger partial charge in [-0.1, -0.05) is 12.1 Å². The summed E-state index contributed by atoms with van der Waals surface area (Å²) in [6.07, 6.45) is 2.61. The third-order valence-electron chi connectivity index (χ3n) is 4.66. The van der Waals surface area contributed by atoms with Crippen molar-refractivity contribution in [1.82, 2.24) is 14.9 Å². The third-order valence-corrected chi connectivity index (χ3v) is 4.66. The fourth-order valence-electron chi connectivity index (χ4n) is 3.09. The molecule has 2 heterocycles. The van der Waals surface area contributed by atoms with Gasteiger partial charge in [-0.15, -0.1) is 0 Å². The molecule has 1 aromatic heterocycles. The minimum Gasteiger partial charge on any atom is -0.478 e. The molecule has 6 nitrogen and oxygen atoms in total. The van der Waals surface area contributed by atoms with Gasteiger partial charge in [-0.3, -0.25) is 4.90 Å². The first kappa shape index (κ1) is 16.5. The van der Waals surface area contributed by atoms with Crippen molar-refractivity contribution < 1.29 is 14.6 Å². The fraction of sp³-hybridized carbons (Fsp3) is 0.444. The number of aromatic nitrogens is 2. The number of carboxylic acids is 1. The summed E-state index contributed by atoms with van der Waals surface area (Å²) in [6.45, 7) is 6.04. The van der Waals surface area contributed by atoms with Crippen LogP contribution < -0.4 is 4.74 Å². The molecule has 1 saturated heterocycles. The van der Waals surface area contributed by atoms with Gasteiger partial charge in [-0.25, -0.2) is 9.78 Å². The van der Waals surface area contributed by atoms with E-state index in [0.29, 0.717) is 31.7 Å². The van der Waals surface area contributed by atoms with E-state index < -0.39 is 11.6 Å². The van der Waals surface area contributed by atoms with Gasteiger partial charge in [-0.2, -0.15) is 0 Å². The molecule has 24 heavy (non-hydrogen) atoms. The summed E-state index contributed by atoms with van der Waals surface area (Å²) in [5.74, 6) is -0.270. The number of aryl methyl sites for hydroxylation is 2. The first-order valence-corrected chi connectivity index (χ1v) is 8.19. The molecule has 0 amide bonds. The Balaban J connectivity index is 1.68. The Labute approximate surface area is 141 Å². The highest BCUT2D eigenvalue weighted by molar-refractivity contribution is 5.78. The molecule has 1 aliphatic rings. The van der Waals surface area contributed by atoms with Crippen molar-refractivity contribution in [2.24, 2.45) is 0 Å². The first-order valence-electron chi connectivity index (χ1n) is 8.19. The average Bonchev–Trinajstić information content (AvgIpc) is 2.94.